The Balaban J connectivity index is 1.63. The van der Waals surface area contributed by atoms with E-state index in [-0.39, 0.29) is 5.91 Å². The summed E-state index contributed by atoms with van der Waals surface area (Å²) in [6.45, 7) is 0.863. The second-order valence-corrected chi connectivity index (χ2v) is 3.79. The van der Waals surface area contributed by atoms with Crippen molar-refractivity contribution in [1.82, 2.24) is 15.5 Å². The molecule has 0 aliphatic heterocycles. The largest absolute Gasteiger partial charge is 0.493 e. The van der Waals surface area contributed by atoms with Gasteiger partial charge < -0.3 is 10.1 Å². The molecule has 0 aliphatic carbocycles. The van der Waals surface area contributed by atoms with Gasteiger partial charge in [-0.2, -0.15) is 5.10 Å². The zero-order valence-corrected chi connectivity index (χ0v) is 9.93. The molecule has 0 atom stereocenters. The minimum Gasteiger partial charge on any atom is -0.493 e. The molecule has 94 valence electrons. The first-order chi connectivity index (χ1) is 8.84. The molecule has 0 radical (unpaired) electrons. The van der Waals surface area contributed by atoms with E-state index in [1.165, 1.54) is 0 Å². The minimum absolute atomic E-state index is 0.0351. The van der Waals surface area contributed by atoms with Crippen molar-refractivity contribution in [3.05, 3.63) is 48.3 Å². The number of carbonyl (C=O) groups excluding carboxylic acids is 1. The zero-order valence-electron chi connectivity index (χ0n) is 9.93. The second-order valence-electron chi connectivity index (χ2n) is 3.79. The third kappa shape index (κ3) is 3.93. The SMILES string of the molecule is O=C(CCOc1ccccc1)NCc1cn[nH]c1. The first-order valence-corrected chi connectivity index (χ1v) is 5.77. The predicted octanol–water partition coefficient (Wildman–Crippen LogP) is 1.49. The molecule has 0 saturated carbocycles. The maximum Gasteiger partial charge on any atom is 0.223 e. The van der Waals surface area contributed by atoms with Crippen molar-refractivity contribution in [3.8, 4) is 5.75 Å². The van der Waals surface area contributed by atoms with Crippen molar-refractivity contribution in [1.29, 1.82) is 0 Å². The lowest BCUT2D eigenvalue weighted by Gasteiger charge is -2.06. The minimum atomic E-state index is -0.0351. The highest BCUT2D eigenvalue weighted by atomic mass is 16.5. The molecule has 2 rings (SSSR count). The standard InChI is InChI=1S/C13H15N3O2/c17-13(14-8-11-9-15-16-10-11)6-7-18-12-4-2-1-3-5-12/h1-5,9-10H,6-8H2,(H,14,17)(H,15,16). The van der Waals surface area contributed by atoms with Crippen LogP contribution in [0.25, 0.3) is 0 Å². The predicted molar refractivity (Wildman–Crippen MR) is 67.0 cm³/mol. The van der Waals surface area contributed by atoms with Crippen LogP contribution in [-0.4, -0.2) is 22.7 Å². The van der Waals surface area contributed by atoms with Crippen LogP contribution in [0.4, 0.5) is 0 Å². The average molecular weight is 245 g/mol. The Morgan fingerprint density at radius 3 is 2.89 bits per heavy atom. The summed E-state index contributed by atoms with van der Waals surface area (Å²) in [6.07, 6.45) is 3.77. The molecule has 0 bridgehead atoms. The van der Waals surface area contributed by atoms with Crippen molar-refractivity contribution in [3.63, 3.8) is 0 Å². The smallest absolute Gasteiger partial charge is 0.223 e. The summed E-state index contributed by atoms with van der Waals surface area (Å²) >= 11 is 0. The van der Waals surface area contributed by atoms with Gasteiger partial charge >= 0.3 is 0 Å². The number of benzene rings is 1. The Kier molecular flexibility index (Phi) is 4.35. The van der Waals surface area contributed by atoms with E-state index in [0.717, 1.165) is 11.3 Å². The molecule has 18 heavy (non-hydrogen) atoms. The number of rotatable bonds is 6. The van der Waals surface area contributed by atoms with E-state index >= 15 is 0 Å². The first-order valence-electron chi connectivity index (χ1n) is 5.77. The van der Waals surface area contributed by atoms with Gasteiger partial charge in [0, 0.05) is 18.3 Å². The highest BCUT2D eigenvalue weighted by Crippen LogP contribution is 2.08. The molecule has 2 N–H and O–H groups in total. The summed E-state index contributed by atoms with van der Waals surface area (Å²) in [5.41, 5.74) is 0.951. The molecule has 0 spiro atoms. The Hall–Kier alpha value is -2.30. The molecule has 5 heteroatoms. The molecule has 0 saturated heterocycles. The van der Waals surface area contributed by atoms with E-state index in [0.29, 0.717) is 19.6 Å². The van der Waals surface area contributed by atoms with Crippen molar-refractivity contribution in [2.75, 3.05) is 6.61 Å². The van der Waals surface area contributed by atoms with E-state index in [2.05, 4.69) is 15.5 Å². The van der Waals surface area contributed by atoms with Crippen LogP contribution in [0.15, 0.2) is 42.7 Å². The van der Waals surface area contributed by atoms with Gasteiger partial charge in [0.1, 0.15) is 5.75 Å². The number of hydrogen-bond donors (Lipinski definition) is 2. The zero-order chi connectivity index (χ0) is 12.6. The maximum absolute atomic E-state index is 11.5. The lowest BCUT2D eigenvalue weighted by atomic mass is 10.3. The molecule has 5 nitrogen and oxygen atoms in total. The fraction of sp³-hybridized carbons (Fsp3) is 0.231. The summed E-state index contributed by atoms with van der Waals surface area (Å²) < 4.78 is 5.43. The average Bonchev–Trinajstić information content (AvgIpc) is 2.91. The van der Waals surface area contributed by atoms with Crippen LogP contribution in [0.1, 0.15) is 12.0 Å². The van der Waals surface area contributed by atoms with Crippen molar-refractivity contribution >= 4 is 5.91 Å². The van der Waals surface area contributed by atoms with Crippen LogP contribution in [0.3, 0.4) is 0 Å². The second kappa shape index (κ2) is 6.44. The molecule has 1 aromatic heterocycles. The molecule has 1 amide bonds. The highest BCUT2D eigenvalue weighted by molar-refractivity contribution is 5.75. The third-order valence-corrected chi connectivity index (χ3v) is 2.39. The lowest BCUT2D eigenvalue weighted by molar-refractivity contribution is -0.121. The number of ether oxygens (including phenoxy) is 1. The van der Waals surface area contributed by atoms with Gasteiger partial charge in [-0.15, -0.1) is 0 Å². The number of aromatic nitrogens is 2. The number of aromatic amines is 1. The van der Waals surface area contributed by atoms with Crippen LogP contribution in [-0.2, 0) is 11.3 Å². The molecule has 2 aromatic rings. The number of H-pyrrole nitrogens is 1. The topological polar surface area (TPSA) is 67.0 Å². The molecule has 0 aliphatic rings. The van der Waals surface area contributed by atoms with Gasteiger partial charge in [-0.1, -0.05) is 18.2 Å². The summed E-state index contributed by atoms with van der Waals surface area (Å²) in [5.74, 6) is 0.743. The first kappa shape index (κ1) is 12.2. The number of hydrogen-bond acceptors (Lipinski definition) is 3. The molecular weight excluding hydrogens is 230 g/mol. The maximum atomic E-state index is 11.5. The highest BCUT2D eigenvalue weighted by Gasteiger charge is 2.02. The molecule has 0 fully saturated rings. The molecule has 1 aromatic carbocycles. The fourth-order valence-electron chi connectivity index (χ4n) is 1.44. The van der Waals surface area contributed by atoms with E-state index in [9.17, 15) is 4.79 Å². The number of amides is 1. The summed E-state index contributed by atoms with van der Waals surface area (Å²) in [7, 11) is 0. The molecule has 1 heterocycles. The van der Waals surface area contributed by atoms with Gasteiger partial charge in [0.15, 0.2) is 0 Å². The number of nitrogens with one attached hydrogen (secondary N) is 2. The van der Waals surface area contributed by atoms with E-state index in [4.69, 9.17) is 4.74 Å². The van der Waals surface area contributed by atoms with Gasteiger partial charge in [0.2, 0.25) is 5.91 Å². The Labute approximate surface area is 105 Å². The van der Waals surface area contributed by atoms with Crippen molar-refractivity contribution in [2.45, 2.75) is 13.0 Å². The quantitative estimate of drug-likeness (QED) is 0.810. The normalized spacial score (nSPS) is 10.0. The number of carbonyl (C=O) groups is 1. The Bertz CT molecular complexity index is 468. The van der Waals surface area contributed by atoms with Gasteiger partial charge in [0.05, 0.1) is 19.2 Å². The fourth-order valence-corrected chi connectivity index (χ4v) is 1.44. The lowest BCUT2D eigenvalue weighted by Crippen LogP contribution is -2.24. The van der Waals surface area contributed by atoms with E-state index < -0.39 is 0 Å². The molecule has 0 unspecified atom stereocenters. The van der Waals surface area contributed by atoms with Crippen molar-refractivity contribution < 1.29 is 9.53 Å². The van der Waals surface area contributed by atoms with Crippen LogP contribution < -0.4 is 10.1 Å². The van der Waals surface area contributed by atoms with Crippen LogP contribution in [0.2, 0.25) is 0 Å². The van der Waals surface area contributed by atoms with Crippen molar-refractivity contribution in [2.24, 2.45) is 0 Å². The summed E-state index contributed by atoms with van der Waals surface area (Å²) in [6, 6.07) is 9.44. The third-order valence-electron chi connectivity index (χ3n) is 2.39. The summed E-state index contributed by atoms with van der Waals surface area (Å²) in [5, 5.41) is 9.29. The van der Waals surface area contributed by atoms with Crippen LogP contribution >= 0.6 is 0 Å². The van der Waals surface area contributed by atoms with Gasteiger partial charge in [0.25, 0.3) is 0 Å². The summed E-state index contributed by atoms with van der Waals surface area (Å²) in [4.78, 5) is 11.5. The number of para-hydroxylation sites is 1. The molecular formula is C13H15N3O2. The van der Waals surface area contributed by atoms with E-state index in [1.54, 1.807) is 12.4 Å². The van der Waals surface area contributed by atoms with Crippen LogP contribution in [0, 0.1) is 0 Å². The number of nitrogens with zero attached hydrogens (tertiary/aromatic N) is 1. The Morgan fingerprint density at radius 1 is 1.33 bits per heavy atom. The van der Waals surface area contributed by atoms with E-state index in [1.807, 2.05) is 30.3 Å². The Morgan fingerprint density at radius 2 is 2.17 bits per heavy atom. The van der Waals surface area contributed by atoms with Gasteiger partial charge in [-0.3, -0.25) is 9.89 Å². The van der Waals surface area contributed by atoms with Gasteiger partial charge in [-0.25, -0.2) is 0 Å². The monoisotopic (exact) mass is 245 g/mol. The van der Waals surface area contributed by atoms with Crippen LogP contribution in [0.5, 0.6) is 5.75 Å². The van der Waals surface area contributed by atoms with Gasteiger partial charge in [-0.05, 0) is 12.1 Å².